The van der Waals surface area contributed by atoms with Gasteiger partial charge in [0.15, 0.2) is 0 Å². The van der Waals surface area contributed by atoms with E-state index < -0.39 is 0 Å². The molecule has 1 saturated heterocycles. The maximum absolute atomic E-state index is 6.14. The molecule has 0 amide bonds. The van der Waals surface area contributed by atoms with Gasteiger partial charge in [0.25, 0.3) is 0 Å². The Morgan fingerprint density at radius 2 is 2.32 bits per heavy atom. The van der Waals surface area contributed by atoms with Gasteiger partial charge in [-0.3, -0.25) is 4.90 Å². The van der Waals surface area contributed by atoms with E-state index in [1.165, 1.54) is 5.56 Å². The number of ether oxygens (including phenoxy) is 1. The van der Waals surface area contributed by atoms with Gasteiger partial charge in [0.1, 0.15) is 0 Å². The molecular weight excluding hydrogens is 260 g/mol. The molecule has 1 N–H and O–H groups in total. The molecule has 106 valence electrons. The topological polar surface area (TPSA) is 24.5 Å². The van der Waals surface area contributed by atoms with Crippen molar-refractivity contribution < 1.29 is 4.74 Å². The largest absolute Gasteiger partial charge is 0.374 e. The van der Waals surface area contributed by atoms with Gasteiger partial charge in [0, 0.05) is 18.1 Å². The third-order valence-electron chi connectivity index (χ3n) is 3.56. The number of benzene rings is 1. The van der Waals surface area contributed by atoms with Crippen LogP contribution in [0.15, 0.2) is 24.3 Å². The van der Waals surface area contributed by atoms with Crippen molar-refractivity contribution in [3.63, 3.8) is 0 Å². The number of halogens is 1. The maximum atomic E-state index is 6.14. The second kappa shape index (κ2) is 7.25. The van der Waals surface area contributed by atoms with Crippen LogP contribution in [0.4, 0.5) is 0 Å². The molecular formula is C15H23ClN2O. The van der Waals surface area contributed by atoms with Crippen molar-refractivity contribution in [2.24, 2.45) is 0 Å². The van der Waals surface area contributed by atoms with Gasteiger partial charge in [0.05, 0.1) is 18.8 Å². The molecule has 1 aliphatic heterocycles. The molecule has 19 heavy (non-hydrogen) atoms. The number of likely N-dealkylation sites (N-methyl/N-ethyl adjacent to an activating group) is 1. The summed E-state index contributed by atoms with van der Waals surface area (Å²) < 4.78 is 5.95. The van der Waals surface area contributed by atoms with E-state index in [1.54, 1.807) is 0 Å². The summed E-state index contributed by atoms with van der Waals surface area (Å²) in [4.78, 5) is 2.51. The zero-order valence-corrected chi connectivity index (χ0v) is 12.5. The molecule has 4 heteroatoms. The highest BCUT2D eigenvalue weighted by molar-refractivity contribution is 6.30. The lowest BCUT2D eigenvalue weighted by atomic mass is 9.97. The summed E-state index contributed by atoms with van der Waals surface area (Å²) in [5.74, 6) is 0. The van der Waals surface area contributed by atoms with Crippen LogP contribution in [0.2, 0.25) is 5.02 Å². The third kappa shape index (κ3) is 3.69. The molecule has 2 rings (SSSR count). The molecule has 0 saturated carbocycles. The first-order valence-corrected chi connectivity index (χ1v) is 7.39. The zero-order valence-electron chi connectivity index (χ0n) is 11.7. The van der Waals surface area contributed by atoms with Crippen LogP contribution in [0.25, 0.3) is 0 Å². The lowest BCUT2D eigenvalue weighted by Crippen LogP contribution is -2.48. The first-order chi connectivity index (χ1) is 9.26. The summed E-state index contributed by atoms with van der Waals surface area (Å²) in [7, 11) is 1.97. The molecule has 2 atom stereocenters. The van der Waals surface area contributed by atoms with Crippen molar-refractivity contribution in [2.45, 2.75) is 25.5 Å². The van der Waals surface area contributed by atoms with Gasteiger partial charge in [-0.1, -0.05) is 30.7 Å². The van der Waals surface area contributed by atoms with Crippen LogP contribution in [0, 0.1) is 0 Å². The molecule has 0 bridgehead atoms. The summed E-state index contributed by atoms with van der Waals surface area (Å²) in [5.41, 5.74) is 1.25. The molecule has 2 unspecified atom stereocenters. The van der Waals surface area contributed by atoms with Gasteiger partial charge in [-0.15, -0.1) is 0 Å². The van der Waals surface area contributed by atoms with Crippen LogP contribution in [0.5, 0.6) is 0 Å². The molecule has 1 aromatic rings. The van der Waals surface area contributed by atoms with E-state index in [0.717, 1.165) is 37.7 Å². The average Bonchev–Trinajstić information content (AvgIpc) is 2.40. The monoisotopic (exact) mass is 282 g/mol. The first-order valence-electron chi connectivity index (χ1n) is 7.02. The van der Waals surface area contributed by atoms with Crippen molar-refractivity contribution in [2.75, 3.05) is 33.3 Å². The van der Waals surface area contributed by atoms with Crippen LogP contribution < -0.4 is 5.32 Å². The molecule has 0 radical (unpaired) electrons. The molecule has 1 heterocycles. The van der Waals surface area contributed by atoms with Crippen molar-refractivity contribution in [3.8, 4) is 0 Å². The Morgan fingerprint density at radius 3 is 3.00 bits per heavy atom. The van der Waals surface area contributed by atoms with Gasteiger partial charge < -0.3 is 10.1 Å². The summed E-state index contributed by atoms with van der Waals surface area (Å²) in [6, 6.07) is 8.45. The molecule has 0 aromatic heterocycles. The second-order valence-corrected chi connectivity index (χ2v) is 5.44. The molecule has 1 fully saturated rings. The predicted octanol–water partition coefficient (Wildman–Crippen LogP) is 2.71. The highest BCUT2D eigenvalue weighted by atomic mass is 35.5. The first kappa shape index (κ1) is 14.8. The van der Waals surface area contributed by atoms with E-state index in [-0.39, 0.29) is 6.10 Å². The van der Waals surface area contributed by atoms with Crippen LogP contribution >= 0.6 is 11.6 Å². The molecule has 1 aliphatic rings. The van der Waals surface area contributed by atoms with Crippen LogP contribution in [0.1, 0.15) is 24.9 Å². The highest BCUT2D eigenvalue weighted by Crippen LogP contribution is 2.30. The highest BCUT2D eigenvalue weighted by Gasteiger charge is 2.32. The van der Waals surface area contributed by atoms with E-state index in [2.05, 4.69) is 29.3 Å². The Hall–Kier alpha value is -0.610. The summed E-state index contributed by atoms with van der Waals surface area (Å²) in [6.07, 6.45) is 1.34. The fourth-order valence-corrected chi connectivity index (χ4v) is 3.01. The van der Waals surface area contributed by atoms with Crippen molar-refractivity contribution in [3.05, 3.63) is 34.9 Å². The van der Waals surface area contributed by atoms with Gasteiger partial charge in [-0.2, -0.15) is 0 Å². The second-order valence-electron chi connectivity index (χ2n) is 5.00. The van der Waals surface area contributed by atoms with Gasteiger partial charge >= 0.3 is 0 Å². The number of morpholine rings is 1. The van der Waals surface area contributed by atoms with Gasteiger partial charge in [-0.05, 0) is 37.7 Å². The predicted molar refractivity (Wildman–Crippen MR) is 79.7 cm³/mol. The molecule has 3 nitrogen and oxygen atoms in total. The van der Waals surface area contributed by atoms with Crippen LogP contribution in [-0.2, 0) is 4.74 Å². The van der Waals surface area contributed by atoms with E-state index in [1.807, 2.05) is 19.2 Å². The Bertz CT molecular complexity index is 381. The summed E-state index contributed by atoms with van der Waals surface area (Å²) >= 11 is 6.14. The zero-order chi connectivity index (χ0) is 13.7. The van der Waals surface area contributed by atoms with Crippen LogP contribution in [-0.4, -0.2) is 44.3 Å². The average molecular weight is 283 g/mol. The Balaban J connectivity index is 2.26. The number of rotatable bonds is 5. The van der Waals surface area contributed by atoms with E-state index in [0.29, 0.717) is 6.04 Å². The normalized spacial score (nSPS) is 24.6. The lowest BCUT2D eigenvalue weighted by molar-refractivity contribution is -0.0704. The number of nitrogens with one attached hydrogen (secondary N) is 1. The quantitative estimate of drug-likeness (QED) is 0.899. The Kier molecular flexibility index (Phi) is 5.64. The molecule has 0 spiro atoms. The van der Waals surface area contributed by atoms with E-state index >= 15 is 0 Å². The smallest absolute Gasteiger partial charge is 0.0896 e. The minimum atomic E-state index is 0.184. The van der Waals surface area contributed by atoms with Gasteiger partial charge in [-0.25, -0.2) is 0 Å². The van der Waals surface area contributed by atoms with E-state index in [4.69, 9.17) is 16.3 Å². The fourth-order valence-electron chi connectivity index (χ4n) is 2.81. The Morgan fingerprint density at radius 1 is 1.47 bits per heavy atom. The summed E-state index contributed by atoms with van der Waals surface area (Å²) in [6.45, 7) is 5.98. The molecule has 0 aliphatic carbocycles. The van der Waals surface area contributed by atoms with Crippen LogP contribution in [0.3, 0.4) is 0 Å². The maximum Gasteiger partial charge on any atom is 0.0896 e. The van der Waals surface area contributed by atoms with Crippen molar-refractivity contribution in [1.29, 1.82) is 0 Å². The van der Waals surface area contributed by atoms with Crippen molar-refractivity contribution >= 4 is 11.6 Å². The SMILES string of the molecule is CCCN1CCOC(CNC)C1c1cccc(Cl)c1. The van der Waals surface area contributed by atoms with Crippen molar-refractivity contribution in [1.82, 2.24) is 10.2 Å². The number of nitrogens with zero attached hydrogens (tertiary/aromatic N) is 1. The number of hydrogen-bond donors (Lipinski definition) is 1. The fraction of sp³-hybridized carbons (Fsp3) is 0.600. The Labute approximate surface area is 120 Å². The molecule has 1 aromatic carbocycles. The minimum absolute atomic E-state index is 0.184. The standard InChI is InChI=1S/C15H23ClN2O/c1-3-7-18-8-9-19-14(11-17-2)15(18)12-5-4-6-13(16)10-12/h4-6,10,14-15,17H,3,7-9,11H2,1-2H3. The minimum Gasteiger partial charge on any atom is -0.374 e. The summed E-state index contributed by atoms with van der Waals surface area (Å²) in [5, 5.41) is 4.02. The van der Waals surface area contributed by atoms with Gasteiger partial charge in [0.2, 0.25) is 0 Å². The third-order valence-corrected chi connectivity index (χ3v) is 3.80. The van der Waals surface area contributed by atoms with E-state index in [9.17, 15) is 0 Å². The number of hydrogen-bond acceptors (Lipinski definition) is 3. The lowest BCUT2D eigenvalue weighted by Gasteiger charge is -2.41.